The van der Waals surface area contributed by atoms with E-state index in [9.17, 15) is 0 Å². The van der Waals surface area contributed by atoms with E-state index >= 15 is 0 Å². The Hall–Kier alpha value is -0.120. The molecule has 1 saturated carbocycles. The first-order chi connectivity index (χ1) is 8.72. The fourth-order valence-corrected chi connectivity index (χ4v) is 3.62. The fourth-order valence-electron chi connectivity index (χ4n) is 3.62. The third kappa shape index (κ3) is 3.69. The van der Waals surface area contributed by atoms with Crippen LogP contribution in [-0.2, 0) is 4.74 Å². The number of hydrogen-bond donors (Lipinski definition) is 1. The molecule has 2 rings (SSSR count). The van der Waals surface area contributed by atoms with E-state index in [0.29, 0.717) is 12.1 Å². The van der Waals surface area contributed by atoms with E-state index in [0.717, 1.165) is 11.8 Å². The van der Waals surface area contributed by atoms with Gasteiger partial charge in [-0.25, -0.2) is 0 Å². The molecule has 0 amide bonds. The van der Waals surface area contributed by atoms with E-state index in [2.05, 4.69) is 11.8 Å². The Morgan fingerprint density at radius 1 is 1.17 bits per heavy atom. The molecule has 0 radical (unpaired) electrons. The summed E-state index contributed by atoms with van der Waals surface area (Å²) in [6, 6.07) is 0.438. The van der Waals surface area contributed by atoms with Gasteiger partial charge in [0.1, 0.15) is 0 Å². The van der Waals surface area contributed by atoms with Crippen molar-refractivity contribution in [3.8, 4) is 0 Å². The van der Waals surface area contributed by atoms with Crippen molar-refractivity contribution in [2.24, 2.45) is 17.6 Å². The highest BCUT2D eigenvalue weighted by molar-refractivity contribution is 4.85. The second-order valence-corrected chi connectivity index (χ2v) is 6.25. The maximum absolute atomic E-state index is 6.32. The van der Waals surface area contributed by atoms with Crippen LogP contribution in [0.25, 0.3) is 0 Å². The van der Waals surface area contributed by atoms with Crippen LogP contribution in [0.4, 0.5) is 0 Å². The Morgan fingerprint density at radius 3 is 2.50 bits per heavy atom. The van der Waals surface area contributed by atoms with Gasteiger partial charge in [0.2, 0.25) is 0 Å². The molecular weight excluding hydrogens is 224 g/mol. The summed E-state index contributed by atoms with van der Waals surface area (Å²) >= 11 is 0. The number of ether oxygens (including phenoxy) is 1. The molecule has 2 N–H and O–H groups in total. The van der Waals surface area contributed by atoms with Gasteiger partial charge in [-0.2, -0.15) is 0 Å². The van der Waals surface area contributed by atoms with Crippen LogP contribution >= 0.6 is 0 Å². The number of piperidine rings is 1. The monoisotopic (exact) mass is 254 g/mol. The first-order valence-corrected chi connectivity index (χ1v) is 7.73. The van der Waals surface area contributed by atoms with Gasteiger partial charge in [0.05, 0.1) is 6.10 Å². The first-order valence-electron chi connectivity index (χ1n) is 7.73. The first kappa shape index (κ1) is 14.3. The lowest BCUT2D eigenvalue weighted by Crippen LogP contribution is -2.46. The SMILES string of the molecule is CCC1CCC(N)C(CN2CCC(OC)CC2)C1. The summed E-state index contributed by atoms with van der Waals surface area (Å²) in [6.07, 6.45) is 8.13. The highest BCUT2D eigenvalue weighted by Crippen LogP contribution is 2.31. The fraction of sp³-hybridized carbons (Fsp3) is 1.00. The molecule has 18 heavy (non-hydrogen) atoms. The third-order valence-electron chi connectivity index (χ3n) is 5.09. The third-order valence-corrected chi connectivity index (χ3v) is 5.09. The summed E-state index contributed by atoms with van der Waals surface area (Å²) < 4.78 is 5.43. The number of methoxy groups -OCH3 is 1. The molecule has 0 bridgehead atoms. The van der Waals surface area contributed by atoms with Crippen LogP contribution in [0.5, 0.6) is 0 Å². The number of likely N-dealkylation sites (tertiary alicyclic amines) is 1. The molecular formula is C15H30N2O. The summed E-state index contributed by atoms with van der Waals surface area (Å²) in [4.78, 5) is 2.61. The standard InChI is InChI=1S/C15H30N2O/c1-3-12-4-5-15(16)13(10-12)11-17-8-6-14(18-2)7-9-17/h12-15H,3-11,16H2,1-2H3. The predicted octanol–water partition coefficient (Wildman–Crippen LogP) is 2.25. The summed E-state index contributed by atoms with van der Waals surface area (Å²) in [7, 11) is 1.84. The number of nitrogens with zero attached hydrogens (tertiary/aromatic N) is 1. The minimum Gasteiger partial charge on any atom is -0.381 e. The van der Waals surface area contributed by atoms with Crippen LogP contribution in [-0.4, -0.2) is 43.8 Å². The molecule has 3 nitrogen and oxygen atoms in total. The molecule has 2 fully saturated rings. The van der Waals surface area contributed by atoms with Gasteiger partial charge in [0, 0.05) is 32.8 Å². The van der Waals surface area contributed by atoms with Gasteiger partial charge in [-0.3, -0.25) is 0 Å². The van der Waals surface area contributed by atoms with E-state index in [1.165, 1.54) is 58.2 Å². The Bertz CT molecular complexity index is 239. The van der Waals surface area contributed by atoms with Crippen molar-refractivity contribution in [2.45, 2.75) is 57.6 Å². The van der Waals surface area contributed by atoms with Crippen molar-refractivity contribution in [2.75, 3.05) is 26.7 Å². The molecule has 0 spiro atoms. The van der Waals surface area contributed by atoms with E-state index in [4.69, 9.17) is 10.5 Å². The molecule has 1 aliphatic heterocycles. The van der Waals surface area contributed by atoms with Crippen molar-refractivity contribution in [1.29, 1.82) is 0 Å². The average Bonchev–Trinajstić information content (AvgIpc) is 2.42. The summed E-state index contributed by atoms with van der Waals surface area (Å²) in [5.74, 6) is 1.65. The van der Waals surface area contributed by atoms with Crippen molar-refractivity contribution in [3.05, 3.63) is 0 Å². The van der Waals surface area contributed by atoms with Crippen molar-refractivity contribution in [3.63, 3.8) is 0 Å². The Morgan fingerprint density at radius 2 is 1.89 bits per heavy atom. The van der Waals surface area contributed by atoms with Gasteiger partial charge >= 0.3 is 0 Å². The number of rotatable bonds is 4. The highest BCUT2D eigenvalue weighted by Gasteiger charge is 2.29. The molecule has 1 heterocycles. The second kappa shape index (κ2) is 6.88. The summed E-state index contributed by atoms with van der Waals surface area (Å²) in [5, 5.41) is 0. The molecule has 1 aliphatic carbocycles. The van der Waals surface area contributed by atoms with Crippen LogP contribution in [0, 0.1) is 11.8 Å². The molecule has 0 aromatic rings. The van der Waals surface area contributed by atoms with E-state index < -0.39 is 0 Å². The zero-order valence-corrected chi connectivity index (χ0v) is 12.1. The maximum atomic E-state index is 6.32. The molecule has 106 valence electrons. The largest absolute Gasteiger partial charge is 0.381 e. The normalized spacial score (nSPS) is 35.8. The van der Waals surface area contributed by atoms with Gasteiger partial charge in [0.15, 0.2) is 0 Å². The van der Waals surface area contributed by atoms with Crippen LogP contribution < -0.4 is 5.73 Å². The molecule has 3 unspecified atom stereocenters. The Labute approximate surface area is 112 Å². The summed E-state index contributed by atoms with van der Waals surface area (Å²) in [5.41, 5.74) is 6.32. The zero-order chi connectivity index (χ0) is 13.0. The molecule has 0 aromatic heterocycles. The zero-order valence-electron chi connectivity index (χ0n) is 12.1. The van der Waals surface area contributed by atoms with Crippen LogP contribution in [0.1, 0.15) is 45.4 Å². The molecule has 0 aromatic carbocycles. The number of hydrogen-bond acceptors (Lipinski definition) is 3. The summed E-state index contributed by atoms with van der Waals surface area (Å²) in [6.45, 7) is 5.92. The van der Waals surface area contributed by atoms with Gasteiger partial charge in [0.25, 0.3) is 0 Å². The van der Waals surface area contributed by atoms with Crippen LogP contribution in [0.2, 0.25) is 0 Å². The van der Waals surface area contributed by atoms with Gasteiger partial charge in [-0.1, -0.05) is 13.3 Å². The lowest BCUT2D eigenvalue weighted by molar-refractivity contribution is 0.0313. The quantitative estimate of drug-likeness (QED) is 0.836. The topological polar surface area (TPSA) is 38.5 Å². The van der Waals surface area contributed by atoms with Gasteiger partial charge in [-0.15, -0.1) is 0 Å². The van der Waals surface area contributed by atoms with Crippen molar-refractivity contribution < 1.29 is 4.74 Å². The number of nitrogens with two attached hydrogens (primary N) is 1. The molecule has 3 heteroatoms. The van der Waals surface area contributed by atoms with E-state index in [1.54, 1.807) is 0 Å². The van der Waals surface area contributed by atoms with Crippen molar-refractivity contribution >= 4 is 0 Å². The minimum atomic E-state index is 0.438. The van der Waals surface area contributed by atoms with E-state index in [1.807, 2.05) is 7.11 Å². The molecule has 2 aliphatic rings. The van der Waals surface area contributed by atoms with Crippen molar-refractivity contribution in [1.82, 2.24) is 4.90 Å². The Balaban J connectivity index is 1.77. The lowest BCUT2D eigenvalue weighted by Gasteiger charge is -2.39. The molecule has 3 atom stereocenters. The smallest absolute Gasteiger partial charge is 0.0595 e. The highest BCUT2D eigenvalue weighted by atomic mass is 16.5. The Kier molecular flexibility index (Phi) is 5.46. The van der Waals surface area contributed by atoms with Gasteiger partial charge < -0.3 is 15.4 Å². The lowest BCUT2D eigenvalue weighted by atomic mass is 9.77. The second-order valence-electron chi connectivity index (χ2n) is 6.25. The predicted molar refractivity (Wildman–Crippen MR) is 75.6 cm³/mol. The molecule has 1 saturated heterocycles. The minimum absolute atomic E-state index is 0.438. The van der Waals surface area contributed by atoms with Crippen LogP contribution in [0.3, 0.4) is 0 Å². The van der Waals surface area contributed by atoms with Crippen LogP contribution in [0.15, 0.2) is 0 Å². The average molecular weight is 254 g/mol. The maximum Gasteiger partial charge on any atom is 0.0595 e. The van der Waals surface area contributed by atoms with Gasteiger partial charge in [-0.05, 0) is 43.9 Å². The van der Waals surface area contributed by atoms with E-state index in [-0.39, 0.29) is 0 Å².